The summed E-state index contributed by atoms with van der Waals surface area (Å²) in [5.41, 5.74) is 3.81. The highest BCUT2D eigenvalue weighted by Gasteiger charge is 2.24. The lowest BCUT2D eigenvalue weighted by molar-refractivity contribution is 0.524. The van der Waals surface area contributed by atoms with E-state index in [4.69, 9.17) is 4.42 Å². The molecular formula is C18H24O2. The summed E-state index contributed by atoms with van der Waals surface area (Å²) < 4.78 is 5.51. The summed E-state index contributed by atoms with van der Waals surface area (Å²) in [6.45, 7) is 15.0. The van der Waals surface area contributed by atoms with Gasteiger partial charge in [-0.15, -0.1) is 0 Å². The molecule has 0 saturated heterocycles. The number of aryl methyl sites for hydroxylation is 1. The third-order valence-electron chi connectivity index (χ3n) is 3.72. The Morgan fingerprint density at radius 3 is 2.00 bits per heavy atom. The number of rotatable bonds is 0. The van der Waals surface area contributed by atoms with Gasteiger partial charge in [0.25, 0.3) is 0 Å². The van der Waals surface area contributed by atoms with Gasteiger partial charge in [0.15, 0.2) is 0 Å². The Hall–Kier alpha value is -1.57. The summed E-state index contributed by atoms with van der Waals surface area (Å²) in [5.74, 6) is 0. The molecule has 0 aliphatic heterocycles. The van der Waals surface area contributed by atoms with E-state index in [0.29, 0.717) is 0 Å². The van der Waals surface area contributed by atoms with Crippen LogP contribution < -0.4 is 5.63 Å². The highest BCUT2D eigenvalue weighted by molar-refractivity contribution is 5.85. The fourth-order valence-electron chi connectivity index (χ4n) is 2.41. The molecular weight excluding hydrogens is 248 g/mol. The van der Waals surface area contributed by atoms with E-state index < -0.39 is 0 Å². The molecule has 1 heterocycles. The second kappa shape index (κ2) is 4.47. The molecule has 0 spiro atoms. The van der Waals surface area contributed by atoms with Gasteiger partial charge >= 0.3 is 5.63 Å². The molecule has 2 rings (SSSR count). The van der Waals surface area contributed by atoms with Crippen LogP contribution in [0.15, 0.2) is 27.4 Å². The van der Waals surface area contributed by atoms with Crippen LogP contribution in [0.25, 0.3) is 11.0 Å². The Morgan fingerprint density at radius 2 is 1.50 bits per heavy atom. The minimum atomic E-state index is -0.274. The van der Waals surface area contributed by atoms with Crippen molar-refractivity contribution in [3.05, 3.63) is 45.3 Å². The third-order valence-corrected chi connectivity index (χ3v) is 3.72. The van der Waals surface area contributed by atoms with Crippen LogP contribution in [0.2, 0.25) is 0 Å². The predicted octanol–water partition coefficient (Wildman–Crippen LogP) is 4.70. The number of benzene rings is 1. The molecule has 0 radical (unpaired) electrons. The van der Waals surface area contributed by atoms with Gasteiger partial charge in [0, 0.05) is 17.0 Å². The highest BCUT2D eigenvalue weighted by atomic mass is 16.4. The van der Waals surface area contributed by atoms with E-state index in [9.17, 15) is 4.79 Å². The summed E-state index contributed by atoms with van der Waals surface area (Å²) in [4.78, 5) is 11.7. The zero-order chi connectivity index (χ0) is 15.3. The molecule has 0 fully saturated rings. The molecule has 0 aliphatic rings. The van der Waals surface area contributed by atoms with Crippen molar-refractivity contribution in [3.63, 3.8) is 0 Å². The molecule has 2 nitrogen and oxygen atoms in total. The van der Waals surface area contributed by atoms with E-state index >= 15 is 0 Å². The quantitative estimate of drug-likeness (QED) is 0.651. The molecule has 0 aliphatic carbocycles. The Kier molecular flexibility index (Phi) is 3.32. The first-order valence-electron chi connectivity index (χ1n) is 7.09. The largest absolute Gasteiger partial charge is 0.422 e. The van der Waals surface area contributed by atoms with E-state index in [1.165, 1.54) is 5.56 Å². The number of hydrogen-bond donors (Lipinski definition) is 0. The average Bonchev–Trinajstić information content (AvgIpc) is 2.24. The van der Waals surface area contributed by atoms with Gasteiger partial charge in [-0.25, -0.2) is 4.79 Å². The fourth-order valence-corrected chi connectivity index (χ4v) is 2.41. The van der Waals surface area contributed by atoms with Crippen molar-refractivity contribution in [1.82, 2.24) is 0 Å². The van der Waals surface area contributed by atoms with Crippen molar-refractivity contribution in [2.45, 2.75) is 59.3 Å². The Balaban J connectivity index is 2.97. The molecule has 0 amide bonds. The zero-order valence-corrected chi connectivity index (χ0v) is 13.5. The minimum Gasteiger partial charge on any atom is -0.422 e. The zero-order valence-electron chi connectivity index (χ0n) is 13.5. The minimum absolute atomic E-state index is 0.0662. The van der Waals surface area contributed by atoms with Gasteiger partial charge in [-0.1, -0.05) is 47.6 Å². The smallest absolute Gasteiger partial charge is 0.336 e. The highest BCUT2D eigenvalue weighted by Crippen LogP contribution is 2.35. The molecule has 2 heteroatoms. The van der Waals surface area contributed by atoms with Gasteiger partial charge < -0.3 is 4.42 Å². The van der Waals surface area contributed by atoms with Gasteiger partial charge in [-0.3, -0.25) is 0 Å². The van der Waals surface area contributed by atoms with Crippen LogP contribution in [0.5, 0.6) is 0 Å². The van der Waals surface area contributed by atoms with Crippen LogP contribution in [0.1, 0.15) is 58.2 Å². The SMILES string of the molecule is Cc1cc(=O)oc2c(C(C)(C)C)cc(C(C)(C)C)cc12. The summed E-state index contributed by atoms with van der Waals surface area (Å²) in [5, 5.41) is 1.04. The lowest BCUT2D eigenvalue weighted by Crippen LogP contribution is -2.17. The molecule has 0 unspecified atom stereocenters. The fraction of sp³-hybridized carbons (Fsp3) is 0.500. The number of hydrogen-bond acceptors (Lipinski definition) is 2. The van der Waals surface area contributed by atoms with Crippen molar-refractivity contribution in [2.75, 3.05) is 0 Å². The molecule has 108 valence electrons. The van der Waals surface area contributed by atoms with Crippen LogP contribution in [0.3, 0.4) is 0 Å². The van der Waals surface area contributed by atoms with Gasteiger partial charge in [0.2, 0.25) is 0 Å². The second-order valence-corrected chi connectivity index (χ2v) is 7.65. The van der Waals surface area contributed by atoms with Crippen LogP contribution in [0, 0.1) is 6.92 Å². The molecule has 0 bridgehead atoms. The van der Waals surface area contributed by atoms with E-state index in [1.54, 1.807) is 6.07 Å². The topological polar surface area (TPSA) is 30.2 Å². The molecule has 0 saturated carbocycles. The van der Waals surface area contributed by atoms with Crippen molar-refractivity contribution in [1.29, 1.82) is 0 Å². The van der Waals surface area contributed by atoms with E-state index in [1.807, 2.05) is 6.92 Å². The van der Waals surface area contributed by atoms with Gasteiger partial charge in [-0.05, 0) is 34.9 Å². The van der Waals surface area contributed by atoms with Crippen LogP contribution in [0.4, 0.5) is 0 Å². The van der Waals surface area contributed by atoms with Crippen molar-refractivity contribution in [2.24, 2.45) is 0 Å². The summed E-state index contributed by atoms with van der Waals surface area (Å²) in [7, 11) is 0. The van der Waals surface area contributed by atoms with E-state index in [2.05, 4.69) is 53.7 Å². The predicted molar refractivity (Wildman–Crippen MR) is 84.6 cm³/mol. The van der Waals surface area contributed by atoms with Gasteiger partial charge in [0.1, 0.15) is 5.58 Å². The van der Waals surface area contributed by atoms with Crippen molar-refractivity contribution < 1.29 is 4.42 Å². The van der Waals surface area contributed by atoms with Crippen LogP contribution in [-0.4, -0.2) is 0 Å². The standard InChI is InChI=1S/C18H24O2/c1-11-8-15(19)20-16-13(11)9-12(17(2,3)4)10-14(16)18(5,6)7/h8-10H,1-7H3. The first-order valence-corrected chi connectivity index (χ1v) is 7.09. The maximum absolute atomic E-state index is 11.7. The van der Waals surface area contributed by atoms with Crippen LogP contribution in [-0.2, 0) is 10.8 Å². The lowest BCUT2D eigenvalue weighted by Gasteiger charge is -2.26. The lowest BCUT2D eigenvalue weighted by atomic mass is 9.79. The maximum Gasteiger partial charge on any atom is 0.336 e. The van der Waals surface area contributed by atoms with E-state index in [0.717, 1.165) is 22.1 Å². The monoisotopic (exact) mass is 272 g/mol. The summed E-state index contributed by atoms with van der Waals surface area (Å²) >= 11 is 0. The van der Waals surface area contributed by atoms with Gasteiger partial charge in [-0.2, -0.15) is 0 Å². The Morgan fingerprint density at radius 1 is 0.900 bits per heavy atom. The van der Waals surface area contributed by atoms with Crippen molar-refractivity contribution >= 4 is 11.0 Å². The van der Waals surface area contributed by atoms with Gasteiger partial charge in [0.05, 0.1) is 0 Å². The van der Waals surface area contributed by atoms with E-state index in [-0.39, 0.29) is 16.5 Å². The van der Waals surface area contributed by atoms with Crippen molar-refractivity contribution in [3.8, 4) is 0 Å². The Bertz CT molecular complexity index is 707. The third kappa shape index (κ3) is 2.65. The molecule has 0 atom stereocenters. The maximum atomic E-state index is 11.7. The normalized spacial score (nSPS) is 12.9. The molecule has 1 aromatic heterocycles. The van der Waals surface area contributed by atoms with Crippen LogP contribution >= 0.6 is 0 Å². The molecule has 2 aromatic rings. The first-order chi connectivity index (χ1) is 9.00. The summed E-state index contributed by atoms with van der Waals surface area (Å²) in [6.07, 6.45) is 0. The number of fused-ring (bicyclic) bond motifs is 1. The Labute approximate surface area is 120 Å². The molecule has 0 N–H and O–H groups in total. The second-order valence-electron chi connectivity index (χ2n) is 7.65. The summed E-state index contributed by atoms with van der Waals surface area (Å²) in [6, 6.07) is 5.91. The molecule has 1 aromatic carbocycles. The first kappa shape index (κ1) is 14.8. The molecule has 20 heavy (non-hydrogen) atoms. The average molecular weight is 272 g/mol.